The van der Waals surface area contributed by atoms with Crippen molar-refractivity contribution in [2.75, 3.05) is 27.2 Å². The van der Waals surface area contributed by atoms with Crippen LogP contribution in [0.1, 0.15) is 39.0 Å². The molecule has 19 heavy (non-hydrogen) atoms. The summed E-state index contributed by atoms with van der Waals surface area (Å²) in [4.78, 5) is 13.9. The van der Waals surface area contributed by atoms with E-state index >= 15 is 0 Å². The maximum absolute atomic E-state index is 11.7. The number of hydrogen-bond donors (Lipinski definition) is 3. The van der Waals surface area contributed by atoms with Crippen LogP contribution in [0.4, 0.5) is 4.79 Å². The maximum Gasteiger partial charge on any atom is 0.315 e. The second-order valence-electron chi connectivity index (χ2n) is 5.87. The van der Waals surface area contributed by atoms with E-state index in [4.69, 9.17) is 5.11 Å². The Labute approximate surface area is 116 Å². The molecule has 1 aliphatic rings. The molecule has 3 N–H and O–H groups in total. The number of nitrogens with zero attached hydrogens (tertiary/aromatic N) is 1. The quantitative estimate of drug-likeness (QED) is 0.679. The van der Waals surface area contributed by atoms with Gasteiger partial charge in [-0.15, -0.1) is 0 Å². The van der Waals surface area contributed by atoms with Crippen LogP contribution >= 0.6 is 0 Å². The molecule has 0 radical (unpaired) electrons. The van der Waals surface area contributed by atoms with E-state index in [1.54, 1.807) is 6.92 Å². The monoisotopic (exact) mass is 271 g/mol. The Hall–Kier alpha value is -0.810. The van der Waals surface area contributed by atoms with Crippen LogP contribution in [0.15, 0.2) is 0 Å². The van der Waals surface area contributed by atoms with Crippen molar-refractivity contribution in [1.29, 1.82) is 0 Å². The Bertz CT molecular complexity index is 265. The molecule has 112 valence electrons. The minimum absolute atomic E-state index is 0.0346. The summed E-state index contributed by atoms with van der Waals surface area (Å²) in [5.41, 5.74) is 0. The second-order valence-corrected chi connectivity index (χ2v) is 5.87. The van der Waals surface area contributed by atoms with Gasteiger partial charge in [0.25, 0.3) is 0 Å². The summed E-state index contributed by atoms with van der Waals surface area (Å²) >= 11 is 0. The van der Waals surface area contributed by atoms with Crippen LogP contribution in [0.3, 0.4) is 0 Å². The van der Waals surface area contributed by atoms with E-state index in [-0.39, 0.29) is 18.7 Å². The summed E-state index contributed by atoms with van der Waals surface area (Å²) in [7, 11) is 4.16. The lowest BCUT2D eigenvalue weighted by molar-refractivity contribution is 0.164. The summed E-state index contributed by atoms with van der Waals surface area (Å²) in [6.07, 6.45) is 6.49. The highest BCUT2D eigenvalue weighted by molar-refractivity contribution is 5.74. The molecule has 2 unspecified atom stereocenters. The molecule has 1 fully saturated rings. The summed E-state index contributed by atoms with van der Waals surface area (Å²) < 4.78 is 0. The van der Waals surface area contributed by atoms with Crippen molar-refractivity contribution in [2.45, 2.75) is 51.1 Å². The van der Waals surface area contributed by atoms with Crippen LogP contribution in [0, 0.1) is 5.92 Å². The van der Waals surface area contributed by atoms with Gasteiger partial charge in [0.15, 0.2) is 0 Å². The van der Waals surface area contributed by atoms with Gasteiger partial charge in [-0.1, -0.05) is 19.3 Å². The molecule has 1 saturated carbocycles. The van der Waals surface area contributed by atoms with E-state index in [1.165, 1.54) is 32.1 Å². The second kappa shape index (κ2) is 8.38. The van der Waals surface area contributed by atoms with Crippen LogP contribution in [-0.4, -0.2) is 55.4 Å². The zero-order valence-corrected chi connectivity index (χ0v) is 12.5. The van der Waals surface area contributed by atoms with Crippen molar-refractivity contribution >= 4 is 6.03 Å². The standard InChI is InChI=1S/C14H29N3O2/c1-11(10-18)16-14(19)15-9-13(17(2)3)12-7-5-4-6-8-12/h11-13,18H,4-10H2,1-3H3,(H2,15,16,19). The minimum atomic E-state index is -0.201. The average molecular weight is 271 g/mol. The molecule has 5 heteroatoms. The summed E-state index contributed by atoms with van der Waals surface area (Å²) in [5.74, 6) is 0.680. The van der Waals surface area contributed by atoms with Crippen molar-refractivity contribution < 1.29 is 9.90 Å². The molecule has 5 nitrogen and oxygen atoms in total. The van der Waals surface area contributed by atoms with Crippen LogP contribution in [-0.2, 0) is 0 Å². The molecule has 0 bridgehead atoms. The van der Waals surface area contributed by atoms with Crippen molar-refractivity contribution in [1.82, 2.24) is 15.5 Å². The zero-order chi connectivity index (χ0) is 14.3. The lowest BCUT2D eigenvalue weighted by Crippen LogP contribution is -2.49. The van der Waals surface area contributed by atoms with Gasteiger partial charge in [-0.05, 0) is 39.8 Å². The molecular weight excluding hydrogens is 242 g/mol. The fraction of sp³-hybridized carbons (Fsp3) is 0.929. The van der Waals surface area contributed by atoms with Crippen molar-refractivity contribution in [3.63, 3.8) is 0 Å². The first-order chi connectivity index (χ1) is 9.04. The first kappa shape index (κ1) is 16.2. The largest absolute Gasteiger partial charge is 0.394 e. The van der Waals surface area contributed by atoms with E-state index < -0.39 is 0 Å². The highest BCUT2D eigenvalue weighted by Crippen LogP contribution is 2.27. The SMILES string of the molecule is CC(CO)NC(=O)NCC(C1CCCCC1)N(C)C. The Morgan fingerprint density at radius 2 is 1.95 bits per heavy atom. The molecule has 0 heterocycles. The van der Waals surface area contributed by atoms with Gasteiger partial charge < -0.3 is 20.6 Å². The number of aliphatic hydroxyl groups excluding tert-OH is 1. The molecule has 0 aromatic carbocycles. The van der Waals surface area contributed by atoms with E-state index in [0.717, 1.165) is 0 Å². The van der Waals surface area contributed by atoms with Gasteiger partial charge in [0.05, 0.1) is 12.6 Å². The third-order valence-electron chi connectivity index (χ3n) is 3.98. The molecule has 0 spiro atoms. The first-order valence-corrected chi connectivity index (χ1v) is 7.36. The highest BCUT2D eigenvalue weighted by atomic mass is 16.3. The molecule has 1 rings (SSSR count). The predicted molar refractivity (Wildman–Crippen MR) is 77.1 cm³/mol. The van der Waals surface area contributed by atoms with E-state index in [0.29, 0.717) is 18.5 Å². The molecule has 2 atom stereocenters. The zero-order valence-electron chi connectivity index (χ0n) is 12.5. The van der Waals surface area contributed by atoms with Gasteiger partial charge in [0.1, 0.15) is 0 Å². The Balaban J connectivity index is 2.38. The van der Waals surface area contributed by atoms with Gasteiger partial charge >= 0.3 is 6.03 Å². The Morgan fingerprint density at radius 3 is 2.47 bits per heavy atom. The van der Waals surface area contributed by atoms with E-state index in [1.807, 2.05) is 0 Å². The third-order valence-corrected chi connectivity index (χ3v) is 3.98. The van der Waals surface area contributed by atoms with Gasteiger partial charge in [0.2, 0.25) is 0 Å². The minimum Gasteiger partial charge on any atom is -0.394 e. The third kappa shape index (κ3) is 5.78. The summed E-state index contributed by atoms with van der Waals surface area (Å²) in [6, 6.07) is 0.00665. The van der Waals surface area contributed by atoms with Crippen molar-refractivity contribution in [3.05, 3.63) is 0 Å². The number of urea groups is 1. The van der Waals surface area contributed by atoms with Gasteiger partial charge in [-0.2, -0.15) is 0 Å². The lowest BCUT2D eigenvalue weighted by atomic mass is 9.83. The lowest BCUT2D eigenvalue weighted by Gasteiger charge is -2.35. The number of aliphatic hydroxyl groups is 1. The van der Waals surface area contributed by atoms with Crippen LogP contribution in [0.2, 0.25) is 0 Å². The summed E-state index contributed by atoms with van der Waals surface area (Å²) in [6.45, 7) is 2.42. The highest BCUT2D eigenvalue weighted by Gasteiger charge is 2.25. The number of nitrogens with one attached hydrogen (secondary N) is 2. The molecule has 0 aromatic rings. The number of hydrogen-bond acceptors (Lipinski definition) is 3. The van der Waals surface area contributed by atoms with Crippen LogP contribution < -0.4 is 10.6 Å². The first-order valence-electron chi connectivity index (χ1n) is 7.36. The Morgan fingerprint density at radius 1 is 1.32 bits per heavy atom. The van der Waals surface area contributed by atoms with Crippen LogP contribution in [0.25, 0.3) is 0 Å². The molecule has 0 aliphatic heterocycles. The number of amides is 2. The van der Waals surface area contributed by atoms with Crippen molar-refractivity contribution in [2.24, 2.45) is 5.92 Å². The smallest absolute Gasteiger partial charge is 0.315 e. The fourth-order valence-electron chi connectivity index (χ4n) is 2.81. The topological polar surface area (TPSA) is 64.6 Å². The summed E-state index contributed by atoms with van der Waals surface area (Å²) in [5, 5.41) is 14.5. The fourth-order valence-corrected chi connectivity index (χ4v) is 2.81. The van der Waals surface area contributed by atoms with Crippen molar-refractivity contribution in [3.8, 4) is 0 Å². The number of rotatable bonds is 6. The number of likely N-dealkylation sites (N-methyl/N-ethyl adjacent to an activating group) is 1. The van der Waals surface area contributed by atoms with E-state index in [2.05, 4.69) is 29.6 Å². The average Bonchev–Trinajstić information content (AvgIpc) is 2.39. The Kier molecular flexibility index (Phi) is 7.16. The van der Waals surface area contributed by atoms with Crippen LogP contribution in [0.5, 0.6) is 0 Å². The van der Waals surface area contributed by atoms with Gasteiger partial charge in [0, 0.05) is 12.6 Å². The molecule has 0 saturated heterocycles. The molecule has 0 aromatic heterocycles. The predicted octanol–water partition coefficient (Wildman–Crippen LogP) is 1.18. The van der Waals surface area contributed by atoms with Gasteiger partial charge in [-0.25, -0.2) is 4.79 Å². The van der Waals surface area contributed by atoms with Gasteiger partial charge in [-0.3, -0.25) is 0 Å². The molecular formula is C14H29N3O2. The number of carbonyl (C=O) groups excluding carboxylic acids is 1. The molecule has 1 aliphatic carbocycles. The normalized spacial score (nSPS) is 20.1. The van der Waals surface area contributed by atoms with E-state index in [9.17, 15) is 4.79 Å². The molecule has 2 amide bonds. The number of carbonyl (C=O) groups is 1. The maximum atomic E-state index is 11.7.